The maximum absolute atomic E-state index is 5.96. The summed E-state index contributed by atoms with van der Waals surface area (Å²) in [4.78, 5) is 11.8. The zero-order valence-electron chi connectivity index (χ0n) is 16.3. The van der Waals surface area contributed by atoms with Gasteiger partial charge in [-0.1, -0.05) is 12.1 Å². The third-order valence-corrected chi connectivity index (χ3v) is 6.56. The lowest BCUT2D eigenvalue weighted by atomic mass is 10.2. The van der Waals surface area contributed by atoms with Gasteiger partial charge in [0, 0.05) is 4.88 Å². The zero-order chi connectivity index (χ0) is 20.1. The molecule has 30 heavy (non-hydrogen) atoms. The minimum absolute atomic E-state index is 0.289. The molecule has 5 aromatic rings. The van der Waals surface area contributed by atoms with Crippen LogP contribution < -0.4 is 9.47 Å². The van der Waals surface area contributed by atoms with Crippen LogP contribution in [0.4, 0.5) is 0 Å². The van der Waals surface area contributed by atoms with E-state index in [1.54, 1.807) is 29.3 Å². The summed E-state index contributed by atoms with van der Waals surface area (Å²) in [5.74, 6) is 3.20. The summed E-state index contributed by atoms with van der Waals surface area (Å²) in [6.07, 6.45) is 5.16. The number of hydrogen-bond acceptors (Lipinski definition) is 7. The van der Waals surface area contributed by atoms with Crippen molar-refractivity contribution in [3.05, 3.63) is 58.9 Å². The van der Waals surface area contributed by atoms with Gasteiger partial charge in [0.2, 0.25) is 5.82 Å². The molecule has 0 saturated heterocycles. The first-order chi connectivity index (χ1) is 14.8. The molecule has 0 saturated carbocycles. The smallest absolute Gasteiger partial charge is 0.217 e. The molecule has 4 aromatic heterocycles. The lowest BCUT2D eigenvalue weighted by Crippen LogP contribution is -1.96. The average Bonchev–Trinajstić information content (AvgIpc) is 3.54. The fourth-order valence-electron chi connectivity index (χ4n) is 3.96. The highest BCUT2D eigenvalue weighted by molar-refractivity contribution is 7.19. The van der Waals surface area contributed by atoms with Crippen LogP contribution in [0.15, 0.2) is 47.1 Å². The first-order valence-electron chi connectivity index (χ1n) is 9.80. The van der Waals surface area contributed by atoms with Crippen LogP contribution in [-0.4, -0.2) is 26.7 Å². The third kappa shape index (κ3) is 2.75. The second-order valence-corrected chi connectivity index (χ2v) is 8.27. The van der Waals surface area contributed by atoms with E-state index >= 15 is 0 Å². The SMILES string of the molecule is COc1ccccc1OCc1ccc(-c2nc3c4c5c(sc4ncn3n2)CCC5)o1. The van der Waals surface area contributed by atoms with Crippen molar-refractivity contribution in [3.63, 3.8) is 0 Å². The minimum atomic E-state index is 0.289. The maximum Gasteiger partial charge on any atom is 0.217 e. The van der Waals surface area contributed by atoms with Crippen molar-refractivity contribution in [1.82, 2.24) is 19.6 Å². The Hall–Kier alpha value is -3.39. The molecule has 0 radical (unpaired) electrons. The van der Waals surface area contributed by atoms with Gasteiger partial charge in [-0.3, -0.25) is 0 Å². The third-order valence-electron chi connectivity index (χ3n) is 5.36. The molecular formula is C22H18N4O3S. The van der Waals surface area contributed by atoms with Crippen LogP contribution in [0.25, 0.3) is 27.4 Å². The van der Waals surface area contributed by atoms with Crippen LogP contribution in [0.5, 0.6) is 11.5 Å². The molecule has 0 fully saturated rings. The molecule has 0 bridgehead atoms. The quantitative estimate of drug-likeness (QED) is 0.413. The standard InChI is InChI=1S/C22H18N4O3S/c1-27-15-6-2-3-7-16(15)28-11-13-9-10-17(29-13)20-24-21-19-14-5-4-8-18(14)30-22(19)23-12-26(21)25-20/h2-3,6-7,9-10,12H,4-5,8,11H2,1H3. The topological polar surface area (TPSA) is 74.7 Å². The Morgan fingerprint density at radius 1 is 1.13 bits per heavy atom. The Morgan fingerprint density at radius 2 is 2.03 bits per heavy atom. The molecule has 1 aliphatic rings. The van der Waals surface area contributed by atoms with E-state index in [0.717, 1.165) is 28.7 Å². The molecule has 8 heteroatoms. The number of furan rings is 1. The summed E-state index contributed by atoms with van der Waals surface area (Å²) in [5, 5.41) is 5.73. The molecule has 0 N–H and O–H groups in total. The fraction of sp³-hybridized carbons (Fsp3) is 0.227. The van der Waals surface area contributed by atoms with Crippen molar-refractivity contribution in [3.8, 4) is 23.1 Å². The van der Waals surface area contributed by atoms with Crippen LogP contribution in [-0.2, 0) is 19.4 Å². The molecule has 1 aliphatic carbocycles. The average molecular weight is 418 g/mol. The van der Waals surface area contributed by atoms with Gasteiger partial charge in [0.1, 0.15) is 23.5 Å². The molecule has 7 nitrogen and oxygen atoms in total. The van der Waals surface area contributed by atoms with Crippen molar-refractivity contribution in [2.45, 2.75) is 25.9 Å². The number of methoxy groups -OCH3 is 1. The van der Waals surface area contributed by atoms with Gasteiger partial charge >= 0.3 is 0 Å². The van der Waals surface area contributed by atoms with Crippen LogP contribution in [0.2, 0.25) is 0 Å². The van der Waals surface area contributed by atoms with Crippen LogP contribution in [0, 0.1) is 0 Å². The Labute approximate surface area is 175 Å². The number of thiophene rings is 1. The van der Waals surface area contributed by atoms with Crippen LogP contribution in [0.3, 0.4) is 0 Å². The van der Waals surface area contributed by atoms with Crippen molar-refractivity contribution in [2.75, 3.05) is 7.11 Å². The van der Waals surface area contributed by atoms with Gasteiger partial charge in [0.15, 0.2) is 22.9 Å². The van der Waals surface area contributed by atoms with Crippen molar-refractivity contribution in [2.24, 2.45) is 0 Å². The van der Waals surface area contributed by atoms with Crippen molar-refractivity contribution < 1.29 is 13.9 Å². The van der Waals surface area contributed by atoms with E-state index < -0.39 is 0 Å². The summed E-state index contributed by atoms with van der Waals surface area (Å²) in [7, 11) is 1.62. The monoisotopic (exact) mass is 418 g/mol. The molecule has 6 rings (SSSR count). The molecule has 0 unspecified atom stereocenters. The summed E-state index contributed by atoms with van der Waals surface area (Å²) < 4.78 is 18.9. The van der Waals surface area contributed by atoms with Gasteiger partial charge in [-0.25, -0.2) is 14.5 Å². The summed E-state index contributed by atoms with van der Waals surface area (Å²) in [6.45, 7) is 0.289. The number of para-hydroxylation sites is 2. The Balaban J connectivity index is 1.31. The van der Waals surface area contributed by atoms with Crippen LogP contribution in [0.1, 0.15) is 22.6 Å². The zero-order valence-corrected chi connectivity index (χ0v) is 17.1. The number of ether oxygens (including phenoxy) is 2. The number of benzene rings is 1. The lowest BCUT2D eigenvalue weighted by molar-refractivity contribution is 0.257. The Bertz CT molecular complexity index is 1380. The second-order valence-electron chi connectivity index (χ2n) is 7.19. The predicted octanol–water partition coefficient (Wildman–Crippen LogP) is 4.68. The number of aromatic nitrogens is 4. The first kappa shape index (κ1) is 17.5. The number of hydrogen-bond donors (Lipinski definition) is 0. The van der Waals surface area contributed by atoms with Gasteiger partial charge in [-0.2, -0.15) is 0 Å². The number of rotatable bonds is 5. The molecule has 4 heterocycles. The summed E-state index contributed by atoms with van der Waals surface area (Å²) in [5.41, 5.74) is 2.23. The highest BCUT2D eigenvalue weighted by Gasteiger charge is 2.22. The lowest BCUT2D eigenvalue weighted by Gasteiger charge is -2.08. The number of aryl methyl sites for hydroxylation is 2. The van der Waals surface area contributed by atoms with Gasteiger partial charge in [0.05, 0.1) is 12.5 Å². The van der Waals surface area contributed by atoms with E-state index in [9.17, 15) is 0 Å². The van der Waals surface area contributed by atoms with Gasteiger partial charge in [0.25, 0.3) is 0 Å². The summed E-state index contributed by atoms with van der Waals surface area (Å²) in [6, 6.07) is 11.3. The Morgan fingerprint density at radius 3 is 2.93 bits per heavy atom. The normalized spacial score (nSPS) is 13.2. The van der Waals surface area contributed by atoms with Crippen LogP contribution >= 0.6 is 11.3 Å². The molecule has 0 atom stereocenters. The Kier molecular flexibility index (Phi) is 3.98. The molecule has 0 amide bonds. The highest BCUT2D eigenvalue weighted by Crippen LogP contribution is 2.38. The fourth-order valence-corrected chi connectivity index (χ4v) is 5.18. The van der Waals surface area contributed by atoms with E-state index in [1.165, 1.54) is 16.9 Å². The second kappa shape index (κ2) is 6.84. The molecular weight excluding hydrogens is 400 g/mol. The minimum Gasteiger partial charge on any atom is -0.493 e. The first-order valence-corrected chi connectivity index (χ1v) is 10.6. The molecule has 0 spiro atoms. The van der Waals surface area contributed by atoms with Crippen molar-refractivity contribution >= 4 is 27.2 Å². The maximum atomic E-state index is 5.96. The van der Waals surface area contributed by atoms with E-state index in [4.69, 9.17) is 18.9 Å². The predicted molar refractivity (Wildman–Crippen MR) is 113 cm³/mol. The number of nitrogens with zero attached hydrogens (tertiary/aromatic N) is 4. The van der Waals surface area contributed by atoms with E-state index in [-0.39, 0.29) is 6.61 Å². The highest BCUT2D eigenvalue weighted by atomic mass is 32.1. The summed E-state index contributed by atoms with van der Waals surface area (Å²) >= 11 is 1.78. The number of fused-ring (bicyclic) bond motifs is 5. The van der Waals surface area contributed by atoms with Gasteiger partial charge in [-0.15, -0.1) is 16.4 Å². The molecule has 0 aliphatic heterocycles. The van der Waals surface area contributed by atoms with E-state index in [2.05, 4.69) is 10.1 Å². The van der Waals surface area contributed by atoms with E-state index in [1.807, 2.05) is 36.4 Å². The largest absolute Gasteiger partial charge is 0.493 e. The van der Waals surface area contributed by atoms with Gasteiger partial charge < -0.3 is 13.9 Å². The van der Waals surface area contributed by atoms with Gasteiger partial charge in [-0.05, 0) is 49.1 Å². The van der Waals surface area contributed by atoms with E-state index in [0.29, 0.717) is 28.8 Å². The van der Waals surface area contributed by atoms with Crippen molar-refractivity contribution in [1.29, 1.82) is 0 Å². The molecule has 1 aromatic carbocycles. The molecule has 150 valence electrons.